The number of methoxy groups -OCH3 is 2. The van der Waals surface area contributed by atoms with Crippen LogP contribution in [0.1, 0.15) is 52.7 Å². The molecule has 0 aliphatic heterocycles. The molecule has 1 atom stereocenters. The van der Waals surface area contributed by atoms with E-state index < -0.39 is 21.7 Å². The fraction of sp³-hybridized carbons (Fsp3) is 0.250. The first-order valence-electron chi connectivity index (χ1n) is 14.9. The molecule has 0 fully saturated rings. The number of carbonyl (C=O) groups is 1. The van der Waals surface area contributed by atoms with Crippen molar-refractivity contribution in [1.82, 2.24) is 9.88 Å². The van der Waals surface area contributed by atoms with Crippen LogP contribution in [0.25, 0.3) is 10.9 Å². The summed E-state index contributed by atoms with van der Waals surface area (Å²) in [5.74, 6) is 0.438. The van der Waals surface area contributed by atoms with Crippen LogP contribution in [0, 0.1) is 5.82 Å². The number of amides is 1. The van der Waals surface area contributed by atoms with Crippen molar-refractivity contribution in [2.75, 3.05) is 20.5 Å². The van der Waals surface area contributed by atoms with Crippen LogP contribution in [0.2, 0.25) is 5.02 Å². The van der Waals surface area contributed by atoms with Gasteiger partial charge >= 0.3 is 0 Å². The molecule has 1 aliphatic carbocycles. The second kappa shape index (κ2) is 12.8. The molecular formula is C36H34ClFN2O5S. The monoisotopic (exact) mass is 660 g/mol. The van der Waals surface area contributed by atoms with Crippen molar-refractivity contribution in [3.05, 3.63) is 124 Å². The molecule has 10 heteroatoms. The molecule has 0 bridgehead atoms. The number of benzene rings is 4. The number of nitrogens with zero attached hydrogens (tertiary/aromatic N) is 1. The van der Waals surface area contributed by atoms with Crippen LogP contribution < -0.4 is 14.8 Å². The van der Waals surface area contributed by atoms with Gasteiger partial charge in [-0.2, -0.15) is 0 Å². The molecule has 1 heterocycles. The first-order chi connectivity index (χ1) is 22.0. The molecule has 0 radical (unpaired) electrons. The first kappa shape index (κ1) is 31.6. The van der Waals surface area contributed by atoms with Gasteiger partial charge in [0.05, 0.1) is 30.7 Å². The Balaban J connectivity index is 1.38. The molecule has 0 saturated heterocycles. The molecule has 1 amide bonds. The molecule has 6 rings (SSSR count). The maximum atomic E-state index is 14.9. The molecule has 5 aromatic rings. The van der Waals surface area contributed by atoms with Gasteiger partial charge in [-0.25, -0.2) is 12.8 Å². The summed E-state index contributed by atoms with van der Waals surface area (Å²) in [6.07, 6.45) is 2.54. The van der Waals surface area contributed by atoms with Gasteiger partial charge in [0.1, 0.15) is 17.3 Å². The van der Waals surface area contributed by atoms with Crippen LogP contribution in [-0.4, -0.2) is 39.4 Å². The zero-order chi connectivity index (χ0) is 32.6. The maximum Gasteiger partial charge on any atom is 0.221 e. The Morgan fingerprint density at radius 3 is 2.09 bits per heavy atom. The van der Waals surface area contributed by atoms with E-state index in [9.17, 15) is 17.6 Å². The Kier molecular flexibility index (Phi) is 8.81. The molecule has 238 valence electrons. The minimum atomic E-state index is -3.77. The Hall–Kier alpha value is -4.34. The summed E-state index contributed by atoms with van der Waals surface area (Å²) >= 11 is 6.14. The summed E-state index contributed by atoms with van der Waals surface area (Å²) in [6, 6.07) is 24.5. The van der Waals surface area contributed by atoms with Crippen molar-refractivity contribution in [3.8, 4) is 11.5 Å². The highest BCUT2D eigenvalue weighted by atomic mass is 35.5. The van der Waals surface area contributed by atoms with Crippen molar-refractivity contribution < 1.29 is 27.1 Å². The van der Waals surface area contributed by atoms with Crippen LogP contribution in [0.4, 0.5) is 4.39 Å². The number of aromatic nitrogens is 1. The lowest BCUT2D eigenvalue weighted by Crippen LogP contribution is -2.30. The van der Waals surface area contributed by atoms with E-state index in [0.717, 1.165) is 40.3 Å². The number of rotatable bonds is 10. The molecule has 1 N–H and O–H groups in total. The van der Waals surface area contributed by atoms with Crippen LogP contribution in [0.15, 0.2) is 89.8 Å². The van der Waals surface area contributed by atoms with E-state index in [4.69, 9.17) is 21.1 Å². The SMILES string of the molecule is COc1ccc(C(NC(=O)C[C@H]2CCc3c2n(Cc2ccc(Cl)cc2)c2c(S(C)(=O)=O)cc(F)cc32)c2ccc(OC)cc2)cc1. The number of nitrogens with one attached hydrogen (secondary N) is 1. The normalized spacial score (nSPS) is 14.4. The van der Waals surface area contributed by atoms with Crippen LogP contribution in [-0.2, 0) is 27.6 Å². The topological polar surface area (TPSA) is 86.6 Å². The fourth-order valence-corrected chi connectivity index (χ4v) is 7.53. The molecule has 0 spiro atoms. The summed E-state index contributed by atoms with van der Waals surface area (Å²) in [4.78, 5) is 13.8. The van der Waals surface area contributed by atoms with Gasteiger partial charge in [0.15, 0.2) is 9.84 Å². The third-order valence-electron chi connectivity index (χ3n) is 8.65. The predicted octanol–water partition coefficient (Wildman–Crippen LogP) is 7.23. The summed E-state index contributed by atoms with van der Waals surface area (Å²) in [5.41, 5.74) is 4.88. The molecular weight excluding hydrogens is 627 g/mol. The highest BCUT2D eigenvalue weighted by molar-refractivity contribution is 7.91. The zero-order valence-electron chi connectivity index (χ0n) is 25.7. The lowest BCUT2D eigenvalue weighted by Gasteiger charge is -2.22. The summed E-state index contributed by atoms with van der Waals surface area (Å²) in [5, 5.41) is 4.39. The van der Waals surface area contributed by atoms with Gasteiger partial charge in [-0.3, -0.25) is 4.79 Å². The predicted molar refractivity (Wildman–Crippen MR) is 177 cm³/mol. The van der Waals surface area contributed by atoms with E-state index in [0.29, 0.717) is 46.8 Å². The summed E-state index contributed by atoms with van der Waals surface area (Å²) in [7, 11) is -0.559. The molecule has 4 aromatic carbocycles. The highest BCUT2D eigenvalue weighted by Gasteiger charge is 2.34. The number of fused-ring (bicyclic) bond motifs is 3. The Labute approximate surface area is 272 Å². The highest BCUT2D eigenvalue weighted by Crippen LogP contribution is 2.44. The Bertz CT molecular complexity index is 1960. The van der Waals surface area contributed by atoms with Gasteiger partial charge in [0.2, 0.25) is 5.91 Å². The van der Waals surface area contributed by atoms with Crippen molar-refractivity contribution in [2.24, 2.45) is 0 Å². The maximum absolute atomic E-state index is 14.9. The van der Waals surface area contributed by atoms with Gasteiger partial charge in [0, 0.05) is 41.2 Å². The quantitative estimate of drug-likeness (QED) is 0.171. The van der Waals surface area contributed by atoms with Gasteiger partial charge in [-0.1, -0.05) is 48.0 Å². The third kappa shape index (κ3) is 6.34. The van der Waals surface area contributed by atoms with Gasteiger partial charge in [0.25, 0.3) is 0 Å². The van der Waals surface area contributed by atoms with Crippen molar-refractivity contribution >= 4 is 38.2 Å². The van der Waals surface area contributed by atoms with Crippen LogP contribution in [0.3, 0.4) is 0 Å². The summed E-state index contributed by atoms with van der Waals surface area (Å²) < 4.78 is 53.4. The van der Waals surface area contributed by atoms with Crippen LogP contribution in [0.5, 0.6) is 11.5 Å². The third-order valence-corrected chi connectivity index (χ3v) is 10.0. The van der Waals surface area contributed by atoms with Gasteiger partial charge < -0.3 is 19.4 Å². The average Bonchev–Trinajstić information content (AvgIpc) is 3.58. The Morgan fingerprint density at radius 1 is 0.957 bits per heavy atom. The molecule has 0 saturated carbocycles. The number of hydrogen-bond acceptors (Lipinski definition) is 5. The van der Waals surface area contributed by atoms with Gasteiger partial charge in [-0.15, -0.1) is 0 Å². The smallest absolute Gasteiger partial charge is 0.221 e. The average molecular weight is 661 g/mol. The van der Waals surface area contributed by atoms with E-state index in [-0.39, 0.29) is 23.1 Å². The number of hydrogen-bond donors (Lipinski definition) is 1. The van der Waals surface area contributed by atoms with Crippen molar-refractivity contribution in [3.63, 3.8) is 0 Å². The second-order valence-electron chi connectivity index (χ2n) is 11.6. The summed E-state index contributed by atoms with van der Waals surface area (Å²) in [6.45, 7) is 0.343. The lowest BCUT2D eigenvalue weighted by atomic mass is 9.96. The largest absolute Gasteiger partial charge is 0.497 e. The van der Waals surface area contributed by atoms with Crippen molar-refractivity contribution in [1.29, 1.82) is 0 Å². The minimum Gasteiger partial charge on any atom is -0.497 e. The molecule has 1 aliphatic rings. The number of ether oxygens (including phenoxy) is 2. The number of carbonyl (C=O) groups excluding carboxylic acids is 1. The number of sulfone groups is 1. The number of halogens is 2. The minimum absolute atomic E-state index is 0.0619. The van der Waals surface area contributed by atoms with E-state index >= 15 is 0 Å². The molecule has 7 nitrogen and oxygen atoms in total. The lowest BCUT2D eigenvalue weighted by molar-refractivity contribution is -0.122. The Morgan fingerprint density at radius 2 is 1.54 bits per heavy atom. The van der Waals surface area contributed by atoms with Crippen LogP contribution >= 0.6 is 11.6 Å². The second-order valence-corrected chi connectivity index (χ2v) is 14.1. The van der Waals surface area contributed by atoms with Gasteiger partial charge in [-0.05, 0) is 83.6 Å². The molecule has 1 aromatic heterocycles. The van der Waals surface area contributed by atoms with Crippen molar-refractivity contribution in [2.45, 2.75) is 42.7 Å². The van der Waals surface area contributed by atoms with E-state index in [2.05, 4.69) is 5.32 Å². The van der Waals surface area contributed by atoms with E-state index in [1.807, 2.05) is 65.2 Å². The molecule has 0 unspecified atom stereocenters. The first-order valence-corrected chi connectivity index (χ1v) is 17.2. The number of aryl methyl sites for hydroxylation is 1. The van der Waals surface area contributed by atoms with E-state index in [1.54, 1.807) is 26.4 Å². The molecule has 46 heavy (non-hydrogen) atoms. The standard InChI is InChI=1S/C36H34ClFN2O5S/c1-44-28-13-6-23(7-14-28)34(24-8-15-29(45-2)16-9-24)39-33(41)18-25-10-17-30-31-19-27(38)20-32(46(3,42)43)36(31)40(35(25)30)21-22-4-11-26(37)12-5-22/h4-9,11-16,19-20,25,34H,10,17-18,21H2,1-3H3,(H,39,41)/t25-/m1/s1. The zero-order valence-corrected chi connectivity index (χ0v) is 27.3. The fourth-order valence-electron chi connectivity index (χ4n) is 6.50. The van der Waals surface area contributed by atoms with E-state index in [1.165, 1.54) is 6.07 Å².